The van der Waals surface area contributed by atoms with Gasteiger partial charge in [-0.05, 0) is 0 Å². The van der Waals surface area contributed by atoms with Gasteiger partial charge in [-0.25, -0.2) is 0 Å². The molecule has 0 radical (unpaired) electrons. The van der Waals surface area contributed by atoms with Crippen LogP contribution in [0.25, 0.3) is 0 Å². The minimum atomic E-state index is -0.861. The molecule has 0 N–H and O–H groups in total. The fraction of sp³-hybridized carbons (Fsp3) is 0.611. The molecule has 0 heterocycles. The quantitative estimate of drug-likeness (QED) is 0.353. The molecule has 1 rings (SSSR count). The first-order valence-corrected chi connectivity index (χ1v) is 14.9. The summed E-state index contributed by atoms with van der Waals surface area (Å²) in [4.78, 5) is 0. The van der Waals surface area contributed by atoms with E-state index in [0.29, 0.717) is 0 Å². The van der Waals surface area contributed by atoms with Gasteiger partial charge in [-0.15, -0.1) is 16.1 Å². The van der Waals surface area contributed by atoms with Crippen molar-refractivity contribution in [2.24, 2.45) is 0 Å². The van der Waals surface area contributed by atoms with Gasteiger partial charge in [-0.1, -0.05) is 73.9 Å². The van der Waals surface area contributed by atoms with E-state index < -0.39 is 16.1 Å². The predicted octanol–water partition coefficient (Wildman–Crippen LogP) is 6.34. The molecule has 0 aromatic heterocycles. The Bertz CT molecular complexity index is 300. The van der Waals surface area contributed by atoms with Crippen molar-refractivity contribution in [2.45, 2.75) is 73.9 Å². The third-order valence-corrected chi connectivity index (χ3v) is 2.81. The van der Waals surface area contributed by atoms with Gasteiger partial charge < -0.3 is 13.1 Å². The Morgan fingerprint density at radius 3 is 0.857 bits per heavy atom. The zero-order valence-electron chi connectivity index (χ0n) is 16.5. The van der Waals surface area contributed by atoms with Crippen molar-refractivity contribution in [1.82, 2.24) is 0 Å². The fourth-order valence-corrected chi connectivity index (χ4v) is 1.41. The van der Waals surface area contributed by atoms with Crippen LogP contribution in [-0.2, 0) is 32.7 Å². The van der Waals surface area contributed by atoms with E-state index in [1.54, 1.807) is 0 Å². The van der Waals surface area contributed by atoms with Crippen molar-refractivity contribution in [3.8, 4) is 0 Å². The number of rotatable bonds is 0. The molecule has 1 aromatic carbocycles. The maximum atomic E-state index is 3.91. The molecule has 0 aliphatic heterocycles. The number of hydrogen-bond acceptors (Lipinski definition) is 0. The molecule has 3 heteroatoms. The SMILES string of the molecule is Cc1c(C)c(C)[c-](C)c1C.[CH2-][Si](C)(C)C.[CH2-][Si](C)(C)C.[Y+3]. The van der Waals surface area contributed by atoms with E-state index in [4.69, 9.17) is 0 Å². The summed E-state index contributed by atoms with van der Waals surface area (Å²) in [7, 11) is -1.72. The van der Waals surface area contributed by atoms with Gasteiger partial charge in [-0.2, -0.15) is 27.8 Å². The average Bonchev–Trinajstić information content (AvgIpc) is 2.32. The zero-order chi connectivity index (χ0) is 16.9. The summed E-state index contributed by atoms with van der Waals surface area (Å²) in [5.41, 5.74) is 7.34. The van der Waals surface area contributed by atoms with Crippen molar-refractivity contribution in [3.63, 3.8) is 0 Å². The van der Waals surface area contributed by atoms with E-state index in [-0.39, 0.29) is 32.7 Å². The van der Waals surface area contributed by atoms with Crippen LogP contribution in [0.3, 0.4) is 0 Å². The van der Waals surface area contributed by atoms with Crippen LogP contribution < -0.4 is 0 Å². The second-order valence-corrected chi connectivity index (χ2v) is 18.5. The second kappa shape index (κ2) is 10.6. The summed E-state index contributed by atoms with van der Waals surface area (Å²) < 4.78 is 0. The summed E-state index contributed by atoms with van der Waals surface area (Å²) in [6.07, 6.45) is 0. The van der Waals surface area contributed by atoms with E-state index in [1.165, 1.54) is 27.8 Å². The maximum absolute atomic E-state index is 3.91. The molecule has 0 fully saturated rings. The minimum Gasteiger partial charge on any atom is -0.342 e. The Morgan fingerprint density at radius 2 is 0.810 bits per heavy atom. The van der Waals surface area contributed by atoms with E-state index in [0.717, 1.165) is 0 Å². The molecule has 21 heavy (non-hydrogen) atoms. The van der Waals surface area contributed by atoms with Crippen LogP contribution in [0.15, 0.2) is 0 Å². The van der Waals surface area contributed by atoms with Gasteiger partial charge in [0.25, 0.3) is 0 Å². The molecule has 0 unspecified atom stereocenters. The molecule has 0 aliphatic carbocycles. The van der Waals surface area contributed by atoms with Gasteiger partial charge in [0.05, 0.1) is 0 Å². The molecular formula is C18H37Si2Y. The maximum Gasteiger partial charge on any atom is 3.00 e. The Labute approximate surface area is 162 Å². The molecule has 0 bridgehead atoms. The standard InChI is InChI=1S/C10H15.2C4H11Si.Y/c1-6-7(2)9(4)10(5)8(6)3;2*1-5(2,3)4;/h1-5H3;2*1H2,2-4H3;/q3*-1;+3. The summed E-state index contributed by atoms with van der Waals surface area (Å²) in [5, 5.41) is 0. The molecule has 0 amide bonds. The summed E-state index contributed by atoms with van der Waals surface area (Å²) in [6, 6.07) is 0. The van der Waals surface area contributed by atoms with Gasteiger partial charge >= 0.3 is 32.7 Å². The van der Waals surface area contributed by atoms with Crippen molar-refractivity contribution in [2.75, 3.05) is 0 Å². The van der Waals surface area contributed by atoms with Crippen molar-refractivity contribution in [3.05, 3.63) is 40.9 Å². The van der Waals surface area contributed by atoms with Gasteiger partial charge in [0.1, 0.15) is 0 Å². The van der Waals surface area contributed by atoms with Crippen LogP contribution in [0.4, 0.5) is 0 Å². The normalized spacial score (nSPS) is 10.7. The monoisotopic (exact) mass is 398 g/mol. The fourth-order valence-electron chi connectivity index (χ4n) is 1.41. The van der Waals surface area contributed by atoms with Crippen molar-refractivity contribution < 1.29 is 32.7 Å². The Morgan fingerprint density at radius 1 is 0.667 bits per heavy atom. The van der Waals surface area contributed by atoms with Gasteiger partial charge in [0.2, 0.25) is 0 Å². The van der Waals surface area contributed by atoms with Crippen molar-refractivity contribution >= 4 is 16.1 Å². The smallest absolute Gasteiger partial charge is 0.342 e. The molecule has 0 nitrogen and oxygen atoms in total. The molecule has 0 saturated heterocycles. The van der Waals surface area contributed by atoms with Crippen molar-refractivity contribution in [1.29, 1.82) is 0 Å². The molecular weight excluding hydrogens is 361 g/mol. The average molecular weight is 399 g/mol. The Balaban J connectivity index is -0.000000254. The van der Waals surface area contributed by atoms with Crippen LogP contribution in [0.2, 0.25) is 39.3 Å². The van der Waals surface area contributed by atoms with Crippen LogP contribution in [0, 0.1) is 47.7 Å². The largest absolute Gasteiger partial charge is 3.00 e. The second-order valence-electron chi connectivity index (χ2n) is 8.25. The van der Waals surface area contributed by atoms with Gasteiger partial charge in [0.15, 0.2) is 0 Å². The third kappa shape index (κ3) is 17.1. The molecule has 0 atom stereocenters. The Hall–Kier alpha value is 0.888. The van der Waals surface area contributed by atoms with E-state index >= 15 is 0 Å². The first-order valence-electron chi connectivity index (χ1n) is 7.46. The van der Waals surface area contributed by atoms with Crippen LogP contribution in [-0.4, -0.2) is 16.1 Å². The molecule has 0 aliphatic rings. The van der Waals surface area contributed by atoms with E-state index in [2.05, 4.69) is 87.0 Å². The molecule has 120 valence electrons. The number of hydrogen-bond donors (Lipinski definition) is 0. The topological polar surface area (TPSA) is 0 Å². The summed E-state index contributed by atoms with van der Waals surface area (Å²) in [5.74, 6) is 0. The van der Waals surface area contributed by atoms with Crippen LogP contribution in [0.5, 0.6) is 0 Å². The predicted molar refractivity (Wildman–Crippen MR) is 103 cm³/mol. The van der Waals surface area contributed by atoms with Gasteiger partial charge in [0, 0.05) is 0 Å². The summed E-state index contributed by atoms with van der Waals surface area (Å²) in [6.45, 7) is 32.1. The first kappa shape index (κ1) is 26.8. The molecule has 1 aromatic rings. The third-order valence-electron chi connectivity index (χ3n) is 2.81. The Kier molecular flexibility index (Phi) is 13.5. The first-order chi connectivity index (χ1) is 8.55. The molecule has 0 saturated carbocycles. The van der Waals surface area contributed by atoms with E-state index in [1.807, 2.05) is 0 Å². The molecule has 0 spiro atoms. The van der Waals surface area contributed by atoms with Crippen LogP contribution in [0.1, 0.15) is 27.8 Å². The van der Waals surface area contributed by atoms with Gasteiger partial charge in [-0.3, -0.25) is 0 Å². The van der Waals surface area contributed by atoms with E-state index in [9.17, 15) is 0 Å². The summed E-state index contributed by atoms with van der Waals surface area (Å²) >= 11 is 0. The minimum absolute atomic E-state index is 0. The van der Waals surface area contributed by atoms with Crippen LogP contribution >= 0.6 is 0 Å². The zero-order valence-corrected chi connectivity index (χ0v) is 21.3.